The van der Waals surface area contributed by atoms with E-state index in [9.17, 15) is 0 Å². The van der Waals surface area contributed by atoms with Crippen LogP contribution in [0.4, 0.5) is 0 Å². The summed E-state index contributed by atoms with van der Waals surface area (Å²) < 4.78 is 0. The maximum absolute atomic E-state index is 4.60. The minimum absolute atomic E-state index is 1.16. The highest BCUT2D eigenvalue weighted by atomic mass is 14.7. The molecule has 1 heterocycles. The number of rotatable bonds is 1. The van der Waals surface area contributed by atoms with Crippen LogP contribution in [0.2, 0.25) is 0 Å². The van der Waals surface area contributed by atoms with Crippen LogP contribution in [-0.4, -0.2) is 4.98 Å². The van der Waals surface area contributed by atoms with E-state index in [2.05, 4.69) is 41.4 Å². The van der Waals surface area contributed by atoms with Crippen LogP contribution in [0.1, 0.15) is 24.1 Å². The predicted octanol–water partition coefficient (Wildman–Crippen LogP) is 3.63. The number of hydrogen-bond acceptors (Lipinski definition) is 1. The van der Waals surface area contributed by atoms with Crippen molar-refractivity contribution in [2.45, 2.75) is 25.7 Å². The van der Waals surface area contributed by atoms with E-state index in [0.29, 0.717) is 0 Å². The Hall–Kier alpha value is -1.63. The van der Waals surface area contributed by atoms with Crippen molar-refractivity contribution in [2.75, 3.05) is 0 Å². The molecule has 0 radical (unpaired) electrons. The number of benzene rings is 1. The fraction of sp³-hybridized carbons (Fsp3) is 0.267. The van der Waals surface area contributed by atoms with Crippen LogP contribution in [0.5, 0.6) is 0 Å². The van der Waals surface area contributed by atoms with Gasteiger partial charge < -0.3 is 0 Å². The Morgan fingerprint density at radius 2 is 1.69 bits per heavy atom. The third-order valence-electron chi connectivity index (χ3n) is 3.28. The highest BCUT2D eigenvalue weighted by Gasteiger charge is 2.11. The summed E-state index contributed by atoms with van der Waals surface area (Å²) in [5, 5.41) is 0. The number of hydrogen-bond donors (Lipinski definition) is 0. The molecule has 80 valence electrons. The van der Waals surface area contributed by atoms with Gasteiger partial charge >= 0.3 is 0 Å². The second-order valence-corrected chi connectivity index (χ2v) is 4.40. The summed E-state index contributed by atoms with van der Waals surface area (Å²) in [6.07, 6.45) is 6.98. The van der Waals surface area contributed by atoms with Crippen LogP contribution in [0, 0.1) is 0 Å². The first kappa shape index (κ1) is 9.59. The van der Waals surface area contributed by atoms with Crippen LogP contribution < -0.4 is 0 Å². The SMILES string of the molecule is c1ccc(-c2cnc3c(c2)CCCC3)cc1. The Bertz CT molecular complexity index is 488. The van der Waals surface area contributed by atoms with Gasteiger partial charge in [0.25, 0.3) is 0 Å². The Kier molecular flexibility index (Phi) is 2.45. The van der Waals surface area contributed by atoms with Gasteiger partial charge in [-0.1, -0.05) is 30.3 Å². The Balaban J connectivity index is 2.03. The lowest BCUT2D eigenvalue weighted by atomic mass is 9.94. The quantitative estimate of drug-likeness (QED) is 0.699. The molecule has 0 saturated heterocycles. The zero-order chi connectivity index (χ0) is 10.8. The number of aromatic nitrogens is 1. The number of fused-ring (bicyclic) bond motifs is 1. The number of aryl methyl sites for hydroxylation is 2. The molecule has 0 bridgehead atoms. The predicted molar refractivity (Wildman–Crippen MR) is 66.3 cm³/mol. The monoisotopic (exact) mass is 209 g/mol. The summed E-state index contributed by atoms with van der Waals surface area (Å²) in [4.78, 5) is 4.60. The molecule has 0 amide bonds. The zero-order valence-electron chi connectivity index (χ0n) is 9.32. The van der Waals surface area contributed by atoms with E-state index < -0.39 is 0 Å². The summed E-state index contributed by atoms with van der Waals surface area (Å²) in [6.45, 7) is 0. The Morgan fingerprint density at radius 1 is 0.875 bits per heavy atom. The second kappa shape index (κ2) is 4.09. The Morgan fingerprint density at radius 3 is 2.56 bits per heavy atom. The topological polar surface area (TPSA) is 12.9 Å². The van der Waals surface area contributed by atoms with E-state index in [1.807, 2.05) is 6.20 Å². The molecule has 1 aromatic heterocycles. The standard InChI is InChI=1S/C15H15N/c1-2-6-12(7-3-1)14-10-13-8-4-5-9-15(13)16-11-14/h1-3,6-7,10-11H,4-5,8-9H2. The first-order chi connectivity index (χ1) is 7.93. The Labute approximate surface area is 96.2 Å². The van der Waals surface area contributed by atoms with Gasteiger partial charge in [0.05, 0.1) is 0 Å². The highest BCUT2D eigenvalue weighted by Crippen LogP contribution is 2.25. The molecule has 1 nitrogen and oxygen atoms in total. The molecule has 1 aliphatic rings. The van der Waals surface area contributed by atoms with E-state index in [1.54, 1.807) is 0 Å². The molecular weight excluding hydrogens is 194 g/mol. The average molecular weight is 209 g/mol. The van der Waals surface area contributed by atoms with Crippen LogP contribution in [0.15, 0.2) is 42.6 Å². The maximum Gasteiger partial charge on any atom is 0.0436 e. The fourth-order valence-corrected chi connectivity index (χ4v) is 2.38. The molecule has 0 fully saturated rings. The van der Waals surface area contributed by atoms with Crippen LogP contribution in [-0.2, 0) is 12.8 Å². The van der Waals surface area contributed by atoms with Gasteiger partial charge in [-0.15, -0.1) is 0 Å². The van der Waals surface area contributed by atoms with Crippen molar-refractivity contribution in [3.05, 3.63) is 53.9 Å². The second-order valence-electron chi connectivity index (χ2n) is 4.40. The van der Waals surface area contributed by atoms with Crippen molar-refractivity contribution in [1.82, 2.24) is 4.98 Å². The van der Waals surface area contributed by atoms with Crippen molar-refractivity contribution in [2.24, 2.45) is 0 Å². The van der Waals surface area contributed by atoms with Crippen LogP contribution in [0.3, 0.4) is 0 Å². The zero-order valence-corrected chi connectivity index (χ0v) is 9.32. The summed E-state index contributed by atoms with van der Waals surface area (Å²) in [7, 11) is 0. The first-order valence-corrected chi connectivity index (χ1v) is 5.97. The molecule has 16 heavy (non-hydrogen) atoms. The largest absolute Gasteiger partial charge is 0.260 e. The van der Waals surface area contributed by atoms with Crippen molar-refractivity contribution in [3.8, 4) is 11.1 Å². The maximum atomic E-state index is 4.60. The van der Waals surface area contributed by atoms with E-state index in [-0.39, 0.29) is 0 Å². The molecule has 0 spiro atoms. The van der Waals surface area contributed by atoms with Gasteiger partial charge in [0, 0.05) is 17.5 Å². The van der Waals surface area contributed by atoms with E-state index in [1.165, 1.54) is 41.6 Å². The fourth-order valence-electron chi connectivity index (χ4n) is 2.38. The first-order valence-electron chi connectivity index (χ1n) is 5.97. The van der Waals surface area contributed by atoms with E-state index in [0.717, 1.165) is 6.42 Å². The molecule has 1 heteroatoms. The smallest absolute Gasteiger partial charge is 0.0436 e. The molecule has 0 unspecified atom stereocenters. The average Bonchev–Trinajstić information content (AvgIpc) is 2.39. The summed E-state index contributed by atoms with van der Waals surface area (Å²) in [5.41, 5.74) is 5.28. The van der Waals surface area contributed by atoms with Crippen molar-refractivity contribution >= 4 is 0 Å². The van der Waals surface area contributed by atoms with Gasteiger partial charge in [-0.25, -0.2) is 0 Å². The number of pyridine rings is 1. The number of nitrogens with zero attached hydrogens (tertiary/aromatic N) is 1. The minimum atomic E-state index is 1.16. The highest BCUT2D eigenvalue weighted by molar-refractivity contribution is 5.63. The van der Waals surface area contributed by atoms with Crippen LogP contribution >= 0.6 is 0 Å². The van der Waals surface area contributed by atoms with E-state index >= 15 is 0 Å². The summed E-state index contributed by atoms with van der Waals surface area (Å²) in [6, 6.07) is 12.8. The lowest BCUT2D eigenvalue weighted by molar-refractivity contribution is 0.668. The van der Waals surface area contributed by atoms with Crippen LogP contribution in [0.25, 0.3) is 11.1 Å². The molecule has 0 N–H and O–H groups in total. The van der Waals surface area contributed by atoms with Crippen molar-refractivity contribution in [1.29, 1.82) is 0 Å². The van der Waals surface area contributed by atoms with Gasteiger partial charge in [0.1, 0.15) is 0 Å². The van der Waals surface area contributed by atoms with Gasteiger partial charge in [0.2, 0.25) is 0 Å². The van der Waals surface area contributed by atoms with Gasteiger partial charge in [-0.2, -0.15) is 0 Å². The molecular formula is C15H15N. The minimum Gasteiger partial charge on any atom is -0.260 e. The third kappa shape index (κ3) is 1.73. The van der Waals surface area contributed by atoms with Gasteiger partial charge in [-0.3, -0.25) is 4.98 Å². The van der Waals surface area contributed by atoms with Gasteiger partial charge in [-0.05, 0) is 42.9 Å². The molecule has 0 atom stereocenters. The molecule has 2 aromatic rings. The third-order valence-corrected chi connectivity index (χ3v) is 3.28. The van der Waals surface area contributed by atoms with Gasteiger partial charge in [0.15, 0.2) is 0 Å². The molecule has 0 aliphatic heterocycles. The molecule has 0 saturated carbocycles. The summed E-state index contributed by atoms with van der Waals surface area (Å²) in [5.74, 6) is 0. The van der Waals surface area contributed by atoms with Crippen molar-refractivity contribution in [3.63, 3.8) is 0 Å². The lowest BCUT2D eigenvalue weighted by Gasteiger charge is -2.15. The molecule has 1 aliphatic carbocycles. The molecule has 1 aromatic carbocycles. The van der Waals surface area contributed by atoms with Crippen molar-refractivity contribution < 1.29 is 0 Å². The molecule has 3 rings (SSSR count). The normalized spacial score (nSPS) is 14.5. The summed E-state index contributed by atoms with van der Waals surface area (Å²) >= 11 is 0. The van der Waals surface area contributed by atoms with E-state index in [4.69, 9.17) is 0 Å². The lowest BCUT2D eigenvalue weighted by Crippen LogP contribution is -2.04.